The molecule has 0 fully saturated rings. The van der Waals surface area contributed by atoms with E-state index in [-0.39, 0.29) is 12.4 Å². The van der Waals surface area contributed by atoms with Crippen molar-refractivity contribution in [2.45, 2.75) is 25.2 Å². The minimum atomic E-state index is -0.481. The maximum Gasteiger partial charge on any atom is 0.339 e. The van der Waals surface area contributed by atoms with Crippen molar-refractivity contribution in [1.82, 2.24) is 4.98 Å². The van der Waals surface area contributed by atoms with Crippen molar-refractivity contribution >= 4 is 22.7 Å². The lowest BCUT2D eigenvalue weighted by atomic mass is 9.80. The fraction of sp³-hybridized carbons (Fsp3) is 0.207. The van der Waals surface area contributed by atoms with Gasteiger partial charge in [-0.2, -0.15) is 0 Å². The number of hydrogen-bond acceptors (Lipinski definition) is 5. The third kappa shape index (κ3) is 4.29. The van der Waals surface area contributed by atoms with E-state index in [0.29, 0.717) is 29.2 Å². The number of carbonyl (C=O) groups is 2. The normalized spacial score (nSPS) is 14.9. The van der Waals surface area contributed by atoms with Crippen LogP contribution >= 0.6 is 0 Å². The number of nitrogens with zero attached hydrogens (tertiary/aromatic N) is 1. The lowest BCUT2D eigenvalue weighted by Crippen LogP contribution is -2.21. The molecule has 0 saturated carbocycles. The second-order valence-corrected chi connectivity index (χ2v) is 8.51. The number of para-hydroxylation sites is 1. The molecule has 1 aliphatic rings. The Morgan fingerprint density at radius 1 is 0.941 bits per heavy atom. The molecule has 34 heavy (non-hydrogen) atoms. The maximum absolute atomic E-state index is 13.4. The van der Waals surface area contributed by atoms with Gasteiger partial charge in [-0.15, -0.1) is 0 Å². The van der Waals surface area contributed by atoms with E-state index in [2.05, 4.69) is 12.1 Å². The van der Waals surface area contributed by atoms with Crippen molar-refractivity contribution in [3.05, 3.63) is 107 Å². The van der Waals surface area contributed by atoms with Crippen LogP contribution in [0.1, 0.15) is 49.9 Å². The van der Waals surface area contributed by atoms with Crippen LogP contribution < -0.4 is 4.74 Å². The topological polar surface area (TPSA) is 65.5 Å². The molecule has 0 unspecified atom stereocenters. The number of fused-ring (bicyclic) bond motifs is 2. The molecule has 5 heteroatoms. The van der Waals surface area contributed by atoms with Gasteiger partial charge in [0.05, 0.1) is 18.2 Å². The lowest BCUT2D eigenvalue weighted by Gasteiger charge is -2.26. The zero-order valence-corrected chi connectivity index (χ0v) is 19.0. The first-order valence-corrected chi connectivity index (χ1v) is 11.4. The number of aryl methyl sites for hydroxylation is 1. The lowest BCUT2D eigenvalue weighted by molar-refractivity contribution is 0.0475. The van der Waals surface area contributed by atoms with Crippen LogP contribution in [0.25, 0.3) is 10.9 Å². The predicted molar refractivity (Wildman–Crippen MR) is 131 cm³/mol. The van der Waals surface area contributed by atoms with Crippen molar-refractivity contribution < 1.29 is 19.1 Å². The molecule has 4 aromatic rings. The molecule has 0 N–H and O–H groups in total. The van der Waals surface area contributed by atoms with E-state index in [1.807, 2.05) is 42.5 Å². The maximum atomic E-state index is 13.4. The summed E-state index contributed by atoms with van der Waals surface area (Å²) in [6.07, 6.45) is 2.49. The van der Waals surface area contributed by atoms with E-state index in [1.165, 1.54) is 5.56 Å². The molecule has 5 nitrogen and oxygen atoms in total. The second kappa shape index (κ2) is 9.48. The monoisotopic (exact) mass is 451 g/mol. The number of ketones is 1. The number of hydrogen-bond donors (Lipinski definition) is 0. The Kier molecular flexibility index (Phi) is 6.09. The SMILES string of the molecule is COc1ccc(C(=O)COC(=O)c2c3c(nc4ccccc24)CC[C@@H](c2ccccc2)C3)cc1. The first-order chi connectivity index (χ1) is 16.6. The molecule has 1 aliphatic carbocycles. The molecule has 0 spiro atoms. The first-order valence-electron chi connectivity index (χ1n) is 11.4. The second-order valence-electron chi connectivity index (χ2n) is 8.51. The zero-order chi connectivity index (χ0) is 23.5. The fourth-order valence-corrected chi connectivity index (χ4v) is 4.69. The summed E-state index contributed by atoms with van der Waals surface area (Å²) in [5.74, 6) is 0.233. The summed E-state index contributed by atoms with van der Waals surface area (Å²) in [6, 6.07) is 24.8. The van der Waals surface area contributed by atoms with Crippen LogP contribution in [0.15, 0.2) is 78.9 Å². The summed E-state index contributed by atoms with van der Waals surface area (Å²) in [5.41, 5.74) is 4.91. The Balaban J connectivity index is 1.44. The minimum absolute atomic E-state index is 0.259. The number of esters is 1. The highest BCUT2D eigenvalue weighted by Crippen LogP contribution is 2.36. The Morgan fingerprint density at radius 2 is 1.68 bits per heavy atom. The van der Waals surface area contributed by atoms with Crippen LogP contribution in [0, 0.1) is 0 Å². The summed E-state index contributed by atoms with van der Waals surface area (Å²) >= 11 is 0. The van der Waals surface area contributed by atoms with E-state index in [4.69, 9.17) is 14.5 Å². The third-order valence-electron chi connectivity index (χ3n) is 6.48. The molecule has 0 radical (unpaired) electrons. The predicted octanol–water partition coefficient (Wildman–Crippen LogP) is 5.56. The van der Waals surface area contributed by atoms with Crippen molar-refractivity contribution in [2.75, 3.05) is 13.7 Å². The van der Waals surface area contributed by atoms with Gasteiger partial charge < -0.3 is 9.47 Å². The standard InChI is InChI=1S/C29H25NO4/c1-33-22-14-11-20(12-15-22)27(31)18-34-29(32)28-23-9-5-6-10-25(23)30-26-16-13-21(17-24(26)28)19-7-3-2-4-8-19/h2-12,14-15,21H,13,16-18H2,1H3/t21-/m1/s1. The van der Waals surface area contributed by atoms with Gasteiger partial charge in [0, 0.05) is 16.6 Å². The number of benzene rings is 3. The van der Waals surface area contributed by atoms with Gasteiger partial charge in [0.15, 0.2) is 12.4 Å². The molecule has 0 aliphatic heterocycles. The summed E-state index contributed by atoms with van der Waals surface area (Å²) in [7, 11) is 1.57. The third-order valence-corrected chi connectivity index (χ3v) is 6.48. The number of methoxy groups -OCH3 is 1. The molecule has 0 amide bonds. The van der Waals surface area contributed by atoms with E-state index in [9.17, 15) is 9.59 Å². The van der Waals surface area contributed by atoms with Crippen molar-refractivity contribution in [3.8, 4) is 5.75 Å². The smallest absolute Gasteiger partial charge is 0.339 e. The van der Waals surface area contributed by atoms with Gasteiger partial charge in [-0.1, -0.05) is 48.5 Å². The Hall–Kier alpha value is -3.99. The minimum Gasteiger partial charge on any atom is -0.497 e. The number of Topliss-reactive ketones (excluding diaryl/α,β-unsaturated/α-hetero) is 1. The molecule has 1 aromatic heterocycles. The molecule has 170 valence electrons. The number of aromatic nitrogens is 1. The fourth-order valence-electron chi connectivity index (χ4n) is 4.69. The molecule has 5 rings (SSSR count). The first kappa shape index (κ1) is 21.8. The number of pyridine rings is 1. The largest absolute Gasteiger partial charge is 0.497 e. The van der Waals surface area contributed by atoms with Crippen LogP contribution in [-0.2, 0) is 17.6 Å². The summed E-state index contributed by atoms with van der Waals surface area (Å²) in [4.78, 5) is 30.9. The van der Waals surface area contributed by atoms with E-state index in [1.54, 1.807) is 31.4 Å². The Labute approximate surface area is 198 Å². The van der Waals surface area contributed by atoms with Crippen molar-refractivity contribution in [3.63, 3.8) is 0 Å². The van der Waals surface area contributed by atoms with Crippen LogP contribution in [0.2, 0.25) is 0 Å². The van der Waals surface area contributed by atoms with Crippen LogP contribution in [0.3, 0.4) is 0 Å². The molecular weight excluding hydrogens is 426 g/mol. The van der Waals surface area contributed by atoms with Gasteiger partial charge >= 0.3 is 5.97 Å². The molecule has 1 heterocycles. The average molecular weight is 452 g/mol. The average Bonchev–Trinajstić information content (AvgIpc) is 2.90. The van der Waals surface area contributed by atoms with Crippen molar-refractivity contribution in [2.24, 2.45) is 0 Å². The number of ether oxygens (including phenoxy) is 2. The van der Waals surface area contributed by atoms with E-state index < -0.39 is 5.97 Å². The molecular formula is C29H25NO4. The molecule has 1 atom stereocenters. The summed E-state index contributed by atoms with van der Waals surface area (Å²) in [5, 5.41) is 0.761. The van der Waals surface area contributed by atoms with Crippen LogP contribution in [-0.4, -0.2) is 30.5 Å². The molecule has 0 saturated heterocycles. The highest BCUT2D eigenvalue weighted by molar-refractivity contribution is 6.06. The Bertz CT molecular complexity index is 1350. The van der Waals surface area contributed by atoms with Gasteiger partial charge in [0.2, 0.25) is 0 Å². The van der Waals surface area contributed by atoms with E-state index in [0.717, 1.165) is 35.0 Å². The van der Waals surface area contributed by atoms with Gasteiger partial charge in [0.25, 0.3) is 0 Å². The summed E-state index contributed by atoms with van der Waals surface area (Å²) in [6.45, 7) is -0.321. The van der Waals surface area contributed by atoms with Gasteiger partial charge in [0.1, 0.15) is 5.75 Å². The van der Waals surface area contributed by atoms with E-state index >= 15 is 0 Å². The number of carbonyl (C=O) groups excluding carboxylic acids is 2. The van der Waals surface area contributed by atoms with Crippen molar-refractivity contribution in [1.29, 1.82) is 0 Å². The summed E-state index contributed by atoms with van der Waals surface area (Å²) < 4.78 is 10.7. The quantitative estimate of drug-likeness (QED) is 0.284. The Morgan fingerprint density at radius 3 is 2.44 bits per heavy atom. The molecule has 3 aromatic carbocycles. The van der Waals surface area contributed by atoms with Gasteiger partial charge in [-0.3, -0.25) is 9.78 Å². The highest BCUT2D eigenvalue weighted by atomic mass is 16.5. The number of rotatable bonds is 6. The highest BCUT2D eigenvalue weighted by Gasteiger charge is 2.28. The van der Waals surface area contributed by atoms with Crippen LogP contribution in [0.5, 0.6) is 5.75 Å². The molecule has 0 bridgehead atoms. The van der Waals surface area contributed by atoms with Crippen LogP contribution in [0.4, 0.5) is 0 Å². The zero-order valence-electron chi connectivity index (χ0n) is 19.0. The van der Waals surface area contributed by atoms with Gasteiger partial charge in [-0.05, 0) is 66.6 Å². The van der Waals surface area contributed by atoms with Gasteiger partial charge in [-0.25, -0.2) is 4.79 Å².